The minimum Gasteiger partial charge on any atom is -0.383 e. The summed E-state index contributed by atoms with van der Waals surface area (Å²) in [4.78, 5) is 11.5. The van der Waals surface area contributed by atoms with Gasteiger partial charge >= 0.3 is 0 Å². The van der Waals surface area contributed by atoms with E-state index in [1.165, 1.54) is 0 Å². The van der Waals surface area contributed by atoms with Crippen LogP contribution in [0.1, 0.15) is 23.7 Å². The first-order valence-corrected chi connectivity index (χ1v) is 6.01. The first-order valence-electron chi connectivity index (χ1n) is 4.84. The van der Waals surface area contributed by atoms with Gasteiger partial charge in [-0.2, -0.15) is 0 Å². The molecule has 1 rings (SSSR count). The Hall–Kier alpha value is -0.780. The molecule has 16 heavy (non-hydrogen) atoms. The normalized spacial score (nSPS) is 10.0. The summed E-state index contributed by atoms with van der Waals surface area (Å²) in [6.07, 6.45) is 0.941. The maximum Gasteiger partial charge on any atom is 0.267 e. The zero-order valence-electron chi connectivity index (χ0n) is 8.81. The van der Waals surface area contributed by atoms with E-state index in [9.17, 15) is 4.79 Å². The Bertz CT molecular complexity index is 398. The summed E-state index contributed by atoms with van der Waals surface area (Å²) in [6.45, 7) is 2.77. The average molecular weight is 307 g/mol. The lowest BCUT2D eigenvalue weighted by atomic mass is 10.1. The van der Waals surface area contributed by atoms with Gasteiger partial charge in [0.2, 0.25) is 0 Å². The van der Waals surface area contributed by atoms with Crippen molar-refractivity contribution < 1.29 is 4.79 Å². The molecular formula is C10H13BrClN3O. The third-order valence-electron chi connectivity index (χ3n) is 1.98. The minimum atomic E-state index is -0.373. The van der Waals surface area contributed by atoms with Gasteiger partial charge in [-0.25, -0.2) is 5.84 Å². The molecule has 0 saturated carbocycles. The van der Waals surface area contributed by atoms with Crippen LogP contribution < -0.4 is 16.6 Å². The van der Waals surface area contributed by atoms with Gasteiger partial charge < -0.3 is 5.32 Å². The number of carbonyl (C=O) groups is 1. The minimum absolute atomic E-state index is 0.373. The topological polar surface area (TPSA) is 67.2 Å². The van der Waals surface area contributed by atoms with Gasteiger partial charge in [-0.3, -0.25) is 10.2 Å². The van der Waals surface area contributed by atoms with Gasteiger partial charge in [-0.1, -0.05) is 34.5 Å². The van der Waals surface area contributed by atoms with E-state index in [4.69, 9.17) is 17.4 Å². The molecule has 1 aromatic rings. The first kappa shape index (κ1) is 13.3. The molecule has 0 atom stereocenters. The SMILES string of the molecule is CCCNc1c(Cl)cc(Br)cc1C(=O)NN. The fourth-order valence-corrected chi connectivity index (χ4v) is 2.14. The third kappa shape index (κ3) is 3.10. The summed E-state index contributed by atoms with van der Waals surface area (Å²) in [6, 6.07) is 3.40. The number of nitrogens with two attached hydrogens (primary N) is 1. The molecule has 0 unspecified atom stereocenters. The lowest BCUT2D eigenvalue weighted by Crippen LogP contribution is -2.30. The molecule has 4 N–H and O–H groups in total. The van der Waals surface area contributed by atoms with Crippen molar-refractivity contribution in [1.29, 1.82) is 0 Å². The van der Waals surface area contributed by atoms with Gasteiger partial charge in [0.25, 0.3) is 5.91 Å². The molecule has 0 spiro atoms. The maximum absolute atomic E-state index is 11.5. The van der Waals surface area contributed by atoms with E-state index in [2.05, 4.69) is 26.7 Å². The number of hydrogen-bond donors (Lipinski definition) is 3. The second-order valence-electron chi connectivity index (χ2n) is 3.21. The van der Waals surface area contributed by atoms with Crippen LogP contribution in [0.2, 0.25) is 5.02 Å². The van der Waals surface area contributed by atoms with Gasteiger partial charge in [0.05, 0.1) is 16.3 Å². The van der Waals surface area contributed by atoms with E-state index >= 15 is 0 Å². The van der Waals surface area contributed by atoms with Crippen LogP contribution in [0.5, 0.6) is 0 Å². The van der Waals surface area contributed by atoms with Crippen LogP contribution in [-0.4, -0.2) is 12.5 Å². The molecule has 0 aromatic heterocycles. The number of rotatable bonds is 4. The lowest BCUT2D eigenvalue weighted by Gasteiger charge is -2.12. The fourth-order valence-electron chi connectivity index (χ4n) is 1.26. The van der Waals surface area contributed by atoms with E-state index in [1.807, 2.05) is 6.92 Å². The van der Waals surface area contributed by atoms with E-state index in [-0.39, 0.29) is 5.91 Å². The standard InChI is InChI=1S/C10H13BrClN3O/c1-2-3-14-9-7(10(16)15-13)4-6(11)5-8(9)12/h4-5,14H,2-3,13H2,1H3,(H,15,16). The van der Waals surface area contributed by atoms with Crippen molar-refractivity contribution in [2.45, 2.75) is 13.3 Å². The predicted molar refractivity (Wildman–Crippen MR) is 69.6 cm³/mol. The van der Waals surface area contributed by atoms with Gasteiger partial charge in [0.15, 0.2) is 0 Å². The highest BCUT2D eigenvalue weighted by atomic mass is 79.9. The highest BCUT2D eigenvalue weighted by molar-refractivity contribution is 9.10. The number of nitrogen functional groups attached to an aromatic ring is 1. The number of amides is 1. The molecule has 0 aliphatic heterocycles. The molecule has 0 aliphatic carbocycles. The molecular weight excluding hydrogens is 293 g/mol. The molecule has 88 valence electrons. The van der Waals surface area contributed by atoms with Crippen LogP contribution in [0, 0.1) is 0 Å². The number of anilines is 1. The quantitative estimate of drug-likeness (QED) is 0.455. The summed E-state index contributed by atoms with van der Waals surface area (Å²) in [5.41, 5.74) is 3.13. The summed E-state index contributed by atoms with van der Waals surface area (Å²) in [5.74, 6) is 4.74. The van der Waals surface area contributed by atoms with Crippen LogP contribution in [0.3, 0.4) is 0 Å². The smallest absolute Gasteiger partial charge is 0.267 e. The molecule has 1 amide bonds. The second-order valence-corrected chi connectivity index (χ2v) is 4.53. The lowest BCUT2D eigenvalue weighted by molar-refractivity contribution is 0.0954. The third-order valence-corrected chi connectivity index (χ3v) is 2.74. The Kier molecular flexibility index (Phi) is 5.05. The van der Waals surface area contributed by atoms with E-state index in [0.717, 1.165) is 17.4 Å². The monoisotopic (exact) mass is 305 g/mol. The molecule has 0 heterocycles. The van der Waals surface area contributed by atoms with E-state index in [1.54, 1.807) is 12.1 Å². The van der Waals surface area contributed by atoms with Crippen LogP contribution in [0.15, 0.2) is 16.6 Å². The summed E-state index contributed by atoms with van der Waals surface area (Å²) in [5, 5.41) is 3.59. The van der Waals surface area contributed by atoms with Gasteiger partial charge in [0, 0.05) is 11.0 Å². The van der Waals surface area contributed by atoms with Crippen molar-refractivity contribution in [1.82, 2.24) is 5.43 Å². The Morgan fingerprint density at radius 3 is 2.81 bits per heavy atom. The van der Waals surface area contributed by atoms with Crippen molar-refractivity contribution in [3.05, 3.63) is 27.2 Å². The zero-order chi connectivity index (χ0) is 12.1. The molecule has 1 aromatic carbocycles. The van der Waals surface area contributed by atoms with E-state index in [0.29, 0.717) is 16.3 Å². The van der Waals surface area contributed by atoms with Crippen molar-refractivity contribution in [2.75, 3.05) is 11.9 Å². The fraction of sp³-hybridized carbons (Fsp3) is 0.300. The molecule has 6 heteroatoms. The number of hydrazine groups is 1. The largest absolute Gasteiger partial charge is 0.383 e. The molecule has 0 bridgehead atoms. The highest BCUT2D eigenvalue weighted by Crippen LogP contribution is 2.30. The number of halogens is 2. The van der Waals surface area contributed by atoms with Crippen LogP contribution in [0.25, 0.3) is 0 Å². The Labute approximate surface area is 108 Å². The maximum atomic E-state index is 11.5. The molecule has 0 aliphatic rings. The van der Waals surface area contributed by atoms with Gasteiger partial charge in [-0.05, 0) is 18.6 Å². The van der Waals surface area contributed by atoms with Crippen molar-refractivity contribution in [3.8, 4) is 0 Å². The summed E-state index contributed by atoms with van der Waals surface area (Å²) < 4.78 is 0.734. The van der Waals surface area contributed by atoms with Crippen LogP contribution in [0.4, 0.5) is 5.69 Å². The second kappa shape index (κ2) is 6.08. The van der Waals surface area contributed by atoms with Crippen LogP contribution in [-0.2, 0) is 0 Å². The average Bonchev–Trinajstić information content (AvgIpc) is 2.26. The molecule has 4 nitrogen and oxygen atoms in total. The van der Waals surface area contributed by atoms with Crippen molar-refractivity contribution >= 4 is 39.1 Å². The number of benzene rings is 1. The number of carbonyl (C=O) groups excluding carboxylic acids is 1. The summed E-state index contributed by atoms with van der Waals surface area (Å²) >= 11 is 9.34. The Morgan fingerprint density at radius 2 is 2.25 bits per heavy atom. The van der Waals surface area contributed by atoms with Gasteiger partial charge in [-0.15, -0.1) is 0 Å². The van der Waals surface area contributed by atoms with Crippen molar-refractivity contribution in [3.63, 3.8) is 0 Å². The highest BCUT2D eigenvalue weighted by Gasteiger charge is 2.14. The predicted octanol–water partition coefficient (Wildman–Crippen LogP) is 2.53. The van der Waals surface area contributed by atoms with E-state index < -0.39 is 0 Å². The molecule has 0 fully saturated rings. The number of nitrogens with one attached hydrogen (secondary N) is 2. The number of hydrogen-bond acceptors (Lipinski definition) is 3. The zero-order valence-corrected chi connectivity index (χ0v) is 11.2. The van der Waals surface area contributed by atoms with Crippen LogP contribution >= 0.6 is 27.5 Å². The molecule has 0 radical (unpaired) electrons. The first-order chi connectivity index (χ1) is 7.60. The Morgan fingerprint density at radius 1 is 1.56 bits per heavy atom. The summed E-state index contributed by atoms with van der Waals surface area (Å²) in [7, 11) is 0. The van der Waals surface area contributed by atoms with Gasteiger partial charge in [0.1, 0.15) is 0 Å². The van der Waals surface area contributed by atoms with Crippen molar-refractivity contribution in [2.24, 2.45) is 5.84 Å². The Balaban J connectivity index is 3.15. The molecule has 0 saturated heterocycles.